The number of hydrogen-bond acceptors (Lipinski definition) is 3. The molecule has 106 valence electrons. The van der Waals surface area contributed by atoms with Gasteiger partial charge in [0.15, 0.2) is 0 Å². The van der Waals surface area contributed by atoms with Gasteiger partial charge in [-0.1, -0.05) is 19.9 Å². The number of benzene rings is 1. The highest BCUT2D eigenvalue weighted by atomic mass is 35.7. The van der Waals surface area contributed by atoms with Crippen molar-refractivity contribution in [3.05, 3.63) is 28.8 Å². The van der Waals surface area contributed by atoms with Crippen molar-refractivity contribution in [3.63, 3.8) is 0 Å². The van der Waals surface area contributed by atoms with Crippen molar-refractivity contribution in [3.8, 4) is 0 Å². The van der Waals surface area contributed by atoms with E-state index in [1.807, 2.05) is 13.8 Å². The van der Waals surface area contributed by atoms with E-state index in [-0.39, 0.29) is 10.8 Å². The van der Waals surface area contributed by atoms with Crippen LogP contribution in [-0.2, 0) is 9.05 Å². The van der Waals surface area contributed by atoms with Crippen molar-refractivity contribution >= 4 is 25.6 Å². The maximum absolute atomic E-state index is 12.0. The van der Waals surface area contributed by atoms with Crippen molar-refractivity contribution in [2.45, 2.75) is 32.6 Å². The summed E-state index contributed by atoms with van der Waals surface area (Å²) in [6.45, 7) is 7.92. The Labute approximate surface area is 118 Å². The van der Waals surface area contributed by atoms with Crippen LogP contribution in [0.3, 0.4) is 0 Å². The van der Waals surface area contributed by atoms with Gasteiger partial charge in [0.1, 0.15) is 0 Å². The summed E-state index contributed by atoms with van der Waals surface area (Å²) in [5, 5.41) is 2.76. The minimum absolute atomic E-state index is 0.0190. The van der Waals surface area contributed by atoms with E-state index in [0.717, 1.165) is 5.56 Å². The van der Waals surface area contributed by atoms with Crippen molar-refractivity contribution in [1.29, 1.82) is 0 Å². The summed E-state index contributed by atoms with van der Waals surface area (Å²) in [5.41, 5.74) is 1.60. The topological polar surface area (TPSA) is 63.2 Å². The second-order valence-corrected chi connectivity index (χ2v) is 7.51. The van der Waals surface area contributed by atoms with Crippen LogP contribution in [0.1, 0.15) is 35.3 Å². The lowest BCUT2D eigenvalue weighted by molar-refractivity contribution is 0.0948. The van der Waals surface area contributed by atoms with Gasteiger partial charge in [0.05, 0.1) is 4.90 Å². The third kappa shape index (κ3) is 4.21. The van der Waals surface area contributed by atoms with E-state index in [1.54, 1.807) is 19.9 Å². The Morgan fingerprint density at radius 1 is 1.26 bits per heavy atom. The van der Waals surface area contributed by atoms with Crippen LogP contribution in [0.15, 0.2) is 17.0 Å². The normalized spacial score (nSPS) is 11.7. The maximum Gasteiger partial charge on any atom is 0.261 e. The summed E-state index contributed by atoms with van der Waals surface area (Å²) in [4.78, 5) is 12.0. The SMILES string of the molecule is Cc1cc(C)c(S(=O)(=O)Cl)cc1C(=O)NCC(C)C. The molecule has 6 heteroatoms. The molecule has 4 nitrogen and oxygen atoms in total. The Bertz CT molecular complexity index is 594. The summed E-state index contributed by atoms with van der Waals surface area (Å²) in [6.07, 6.45) is 0. The molecule has 0 aliphatic rings. The second-order valence-electron chi connectivity index (χ2n) is 4.97. The minimum atomic E-state index is -3.85. The van der Waals surface area contributed by atoms with E-state index in [4.69, 9.17) is 10.7 Å². The Balaban J connectivity index is 3.19. The molecule has 0 bridgehead atoms. The molecule has 1 N–H and O–H groups in total. The molecule has 0 aliphatic carbocycles. The van der Waals surface area contributed by atoms with Gasteiger partial charge in [0.2, 0.25) is 0 Å². The van der Waals surface area contributed by atoms with Gasteiger partial charge < -0.3 is 5.32 Å². The van der Waals surface area contributed by atoms with E-state index in [1.165, 1.54) is 6.07 Å². The van der Waals surface area contributed by atoms with E-state index in [0.29, 0.717) is 23.6 Å². The standard InChI is InChI=1S/C13H18ClNO3S/c1-8(2)7-15-13(16)11-6-12(19(14,17)18)10(4)5-9(11)3/h5-6,8H,7H2,1-4H3,(H,15,16). The molecule has 1 amide bonds. The van der Waals surface area contributed by atoms with Gasteiger partial charge in [-0.3, -0.25) is 4.79 Å². The molecular weight excluding hydrogens is 286 g/mol. The molecule has 0 saturated heterocycles. The molecule has 19 heavy (non-hydrogen) atoms. The van der Waals surface area contributed by atoms with Crippen LogP contribution in [0, 0.1) is 19.8 Å². The molecule has 1 aromatic rings. The third-order valence-corrected chi connectivity index (χ3v) is 4.16. The maximum atomic E-state index is 12.0. The lowest BCUT2D eigenvalue weighted by Gasteiger charge is -2.12. The zero-order chi connectivity index (χ0) is 14.8. The molecule has 0 spiro atoms. The monoisotopic (exact) mass is 303 g/mol. The highest BCUT2D eigenvalue weighted by molar-refractivity contribution is 8.13. The zero-order valence-corrected chi connectivity index (χ0v) is 13.0. The highest BCUT2D eigenvalue weighted by Gasteiger charge is 2.18. The highest BCUT2D eigenvalue weighted by Crippen LogP contribution is 2.23. The van der Waals surface area contributed by atoms with Crippen LogP contribution in [0.2, 0.25) is 0 Å². The molecule has 1 rings (SSSR count). The Kier molecular flexibility index (Phi) is 4.98. The number of aryl methyl sites for hydroxylation is 2. The fraction of sp³-hybridized carbons (Fsp3) is 0.462. The fourth-order valence-corrected chi connectivity index (χ4v) is 2.93. The first-order valence-corrected chi connectivity index (χ1v) is 8.28. The average molecular weight is 304 g/mol. The molecule has 0 heterocycles. The molecule has 0 radical (unpaired) electrons. The van der Waals surface area contributed by atoms with Gasteiger partial charge in [-0.15, -0.1) is 0 Å². The lowest BCUT2D eigenvalue weighted by atomic mass is 10.0. The summed E-state index contributed by atoms with van der Waals surface area (Å²) in [6, 6.07) is 2.99. The number of halogens is 1. The first-order valence-electron chi connectivity index (χ1n) is 5.97. The Hall–Kier alpha value is -1.07. The van der Waals surface area contributed by atoms with Crippen molar-refractivity contribution < 1.29 is 13.2 Å². The molecule has 1 aromatic carbocycles. The molecule has 0 saturated carbocycles. The molecule has 0 aromatic heterocycles. The number of nitrogens with one attached hydrogen (secondary N) is 1. The summed E-state index contributed by atoms with van der Waals surface area (Å²) in [5.74, 6) is 0.0405. The number of hydrogen-bond donors (Lipinski definition) is 1. The van der Waals surface area contributed by atoms with E-state index < -0.39 is 9.05 Å². The van der Waals surface area contributed by atoms with E-state index in [2.05, 4.69) is 5.32 Å². The van der Waals surface area contributed by atoms with Crippen molar-refractivity contribution in [2.24, 2.45) is 5.92 Å². The third-order valence-electron chi connectivity index (χ3n) is 2.70. The summed E-state index contributed by atoms with van der Waals surface area (Å²) in [7, 11) is 1.52. The minimum Gasteiger partial charge on any atom is -0.352 e. The van der Waals surface area contributed by atoms with Gasteiger partial charge in [-0.25, -0.2) is 8.42 Å². The number of amides is 1. The largest absolute Gasteiger partial charge is 0.352 e. The van der Waals surface area contributed by atoms with E-state index >= 15 is 0 Å². The molecule has 0 atom stereocenters. The van der Waals surface area contributed by atoms with Crippen LogP contribution in [0.5, 0.6) is 0 Å². The van der Waals surface area contributed by atoms with Gasteiger partial charge in [-0.05, 0) is 37.0 Å². The number of rotatable bonds is 4. The quantitative estimate of drug-likeness (QED) is 0.870. The van der Waals surface area contributed by atoms with Crippen molar-refractivity contribution in [2.75, 3.05) is 6.54 Å². The van der Waals surface area contributed by atoms with Gasteiger partial charge >= 0.3 is 0 Å². The summed E-state index contributed by atoms with van der Waals surface area (Å²) >= 11 is 0. The average Bonchev–Trinajstić information content (AvgIpc) is 2.24. The van der Waals surface area contributed by atoms with Gasteiger partial charge in [0, 0.05) is 22.8 Å². The number of carbonyl (C=O) groups excluding carboxylic acids is 1. The number of carbonyl (C=O) groups is 1. The second kappa shape index (κ2) is 5.92. The predicted molar refractivity (Wildman–Crippen MR) is 76.1 cm³/mol. The van der Waals surface area contributed by atoms with E-state index in [9.17, 15) is 13.2 Å². The predicted octanol–water partition coefficient (Wildman–Crippen LogP) is 2.62. The zero-order valence-electron chi connectivity index (χ0n) is 11.5. The van der Waals surface area contributed by atoms with Crippen LogP contribution in [-0.4, -0.2) is 20.9 Å². The molecule has 0 aliphatic heterocycles. The van der Waals surface area contributed by atoms with Crippen LogP contribution >= 0.6 is 10.7 Å². The Morgan fingerprint density at radius 3 is 2.32 bits per heavy atom. The van der Waals surface area contributed by atoms with Crippen LogP contribution in [0.25, 0.3) is 0 Å². The first kappa shape index (κ1) is 16.0. The lowest BCUT2D eigenvalue weighted by Crippen LogP contribution is -2.28. The Morgan fingerprint density at radius 2 is 1.84 bits per heavy atom. The van der Waals surface area contributed by atoms with Crippen LogP contribution in [0.4, 0.5) is 0 Å². The first-order chi connectivity index (χ1) is 8.62. The van der Waals surface area contributed by atoms with Gasteiger partial charge in [-0.2, -0.15) is 0 Å². The molecule has 0 fully saturated rings. The smallest absolute Gasteiger partial charge is 0.261 e. The van der Waals surface area contributed by atoms with Gasteiger partial charge in [0.25, 0.3) is 15.0 Å². The molecular formula is C13H18ClNO3S. The van der Waals surface area contributed by atoms with Crippen LogP contribution < -0.4 is 5.32 Å². The summed E-state index contributed by atoms with van der Waals surface area (Å²) < 4.78 is 22.9. The molecule has 0 unspecified atom stereocenters. The fourth-order valence-electron chi connectivity index (χ4n) is 1.73. The van der Waals surface area contributed by atoms with Crippen molar-refractivity contribution in [1.82, 2.24) is 5.32 Å².